The van der Waals surface area contributed by atoms with E-state index >= 15 is 0 Å². The van der Waals surface area contributed by atoms with Crippen molar-refractivity contribution < 1.29 is 9.90 Å². The number of carbonyl (C=O) groups excluding carboxylic acids is 1. The number of para-hydroxylation sites is 1. The maximum atomic E-state index is 12.6. The summed E-state index contributed by atoms with van der Waals surface area (Å²) in [5.74, 6) is 2.06. The van der Waals surface area contributed by atoms with E-state index in [0.29, 0.717) is 23.7 Å². The molecular weight excluding hydrogens is 382 g/mol. The van der Waals surface area contributed by atoms with Crippen LogP contribution < -0.4 is 5.32 Å². The van der Waals surface area contributed by atoms with Crippen LogP contribution in [-0.4, -0.2) is 17.1 Å². The van der Waals surface area contributed by atoms with Crippen molar-refractivity contribution in [2.24, 2.45) is 29.1 Å². The number of hydrogen-bond donors (Lipinski definition) is 2. The zero-order chi connectivity index (χ0) is 22.8. The minimum absolute atomic E-state index is 0.0342. The summed E-state index contributed by atoms with van der Waals surface area (Å²) in [6.07, 6.45) is 7.47. The Balaban J connectivity index is 1.66. The fourth-order valence-electron chi connectivity index (χ4n) is 6.19. The summed E-state index contributed by atoms with van der Waals surface area (Å²) in [5.41, 5.74) is 4.51. The standard InChI is InChI=1S/C28H41NO2/c1-7-21-10-8-9-11-24(21)29-26(31)16-18(2)12-14-22-19(3)13-15-23-27(22)20(4)17-25(30)28(23,5)6/h8-11,16,20,22-23,25,27,30H,3,7,12-15,17H2,1-2,4-6H3,(H,29,31). The lowest BCUT2D eigenvalue weighted by Gasteiger charge is -2.55. The first kappa shape index (κ1) is 23.8. The van der Waals surface area contributed by atoms with Crippen molar-refractivity contribution in [3.63, 3.8) is 0 Å². The van der Waals surface area contributed by atoms with Gasteiger partial charge in [0.05, 0.1) is 6.10 Å². The average molecular weight is 424 g/mol. The average Bonchev–Trinajstić information content (AvgIpc) is 2.71. The van der Waals surface area contributed by atoms with Crippen LogP contribution in [0.1, 0.15) is 72.3 Å². The van der Waals surface area contributed by atoms with Crippen LogP contribution in [-0.2, 0) is 11.2 Å². The first-order valence-corrected chi connectivity index (χ1v) is 12.1. The third-order valence-corrected chi connectivity index (χ3v) is 8.18. The fourth-order valence-corrected chi connectivity index (χ4v) is 6.19. The van der Waals surface area contributed by atoms with Gasteiger partial charge in [0.2, 0.25) is 5.91 Å². The molecule has 2 aliphatic carbocycles. The van der Waals surface area contributed by atoms with Crippen molar-refractivity contribution in [3.8, 4) is 0 Å². The van der Waals surface area contributed by atoms with Gasteiger partial charge in [0.1, 0.15) is 0 Å². The van der Waals surface area contributed by atoms with E-state index in [4.69, 9.17) is 0 Å². The second-order valence-corrected chi connectivity index (χ2v) is 10.6. The molecule has 0 aliphatic heterocycles. The summed E-state index contributed by atoms with van der Waals surface area (Å²) in [7, 11) is 0. The molecule has 0 radical (unpaired) electrons. The highest BCUT2D eigenvalue weighted by atomic mass is 16.3. The van der Waals surface area contributed by atoms with Crippen LogP contribution in [0.15, 0.2) is 48.1 Å². The predicted molar refractivity (Wildman–Crippen MR) is 130 cm³/mol. The lowest BCUT2D eigenvalue weighted by Crippen LogP contribution is -2.52. The minimum Gasteiger partial charge on any atom is -0.393 e. The number of rotatable bonds is 6. The van der Waals surface area contributed by atoms with Gasteiger partial charge in [0.15, 0.2) is 0 Å². The first-order valence-electron chi connectivity index (χ1n) is 12.1. The van der Waals surface area contributed by atoms with Crippen LogP contribution in [0, 0.1) is 29.1 Å². The molecule has 3 rings (SSSR count). The number of amides is 1. The number of benzene rings is 1. The Labute approximate surface area is 189 Å². The Hall–Kier alpha value is -1.87. The van der Waals surface area contributed by atoms with Crippen molar-refractivity contribution in [2.75, 3.05) is 5.32 Å². The van der Waals surface area contributed by atoms with E-state index < -0.39 is 0 Å². The van der Waals surface area contributed by atoms with E-state index in [0.717, 1.165) is 55.3 Å². The van der Waals surface area contributed by atoms with Crippen LogP contribution in [0.4, 0.5) is 5.69 Å². The Morgan fingerprint density at radius 2 is 2.03 bits per heavy atom. The SMILES string of the molecule is C=C1CCC2C(C(C)CC(O)C2(C)C)C1CCC(C)=CC(=O)Nc1ccccc1CC. The molecule has 5 atom stereocenters. The van der Waals surface area contributed by atoms with Gasteiger partial charge in [-0.15, -0.1) is 0 Å². The van der Waals surface area contributed by atoms with Crippen molar-refractivity contribution in [3.05, 3.63) is 53.6 Å². The molecule has 3 heteroatoms. The van der Waals surface area contributed by atoms with Crippen molar-refractivity contribution in [1.82, 2.24) is 0 Å². The molecule has 0 saturated heterocycles. The lowest BCUT2D eigenvalue weighted by atomic mass is 9.50. The molecular formula is C28H41NO2. The van der Waals surface area contributed by atoms with Gasteiger partial charge in [-0.25, -0.2) is 0 Å². The van der Waals surface area contributed by atoms with E-state index in [2.05, 4.69) is 52.6 Å². The van der Waals surface area contributed by atoms with E-state index in [1.54, 1.807) is 6.08 Å². The maximum Gasteiger partial charge on any atom is 0.248 e. The van der Waals surface area contributed by atoms with Crippen LogP contribution in [0.5, 0.6) is 0 Å². The Morgan fingerprint density at radius 3 is 2.74 bits per heavy atom. The molecule has 2 saturated carbocycles. The van der Waals surface area contributed by atoms with Gasteiger partial charge < -0.3 is 10.4 Å². The number of aliphatic hydroxyl groups is 1. The summed E-state index contributed by atoms with van der Waals surface area (Å²) in [4.78, 5) is 12.6. The van der Waals surface area contributed by atoms with Crippen LogP contribution >= 0.6 is 0 Å². The van der Waals surface area contributed by atoms with Gasteiger partial charge in [0.25, 0.3) is 0 Å². The Kier molecular flexibility index (Phi) is 7.47. The first-order chi connectivity index (χ1) is 14.6. The Bertz CT molecular complexity index is 837. The molecule has 0 spiro atoms. The third-order valence-electron chi connectivity index (χ3n) is 8.18. The summed E-state index contributed by atoms with van der Waals surface area (Å²) in [5, 5.41) is 13.7. The zero-order valence-electron chi connectivity index (χ0n) is 20.1. The highest BCUT2D eigenvalue weighted by Crippen LogP contribution is 2.56. The smallest absolute Gasteiger partial charge is 0.248 e. The van der Waals surface area contributed by atoms with Crippen LogP contribution in [0.2, 0.25) is 0 Å². The molecule has 1 aromatic carbocycles. The number of hydrogen-bond acceptors (Lipinski definition) is 2. The van der Waals surface area contributed by atoms with Gasteiger partial charge in [-0.3, -0.25) is 4.79 Å². The molecule has 2 aliphatic rings. The summed E-state index contributed by atoms with van der Waals surface area (Å²) < 4.78 is 0. The molecule has 1 amide bonds. The quantitative estimate of drug-likeness (QED) is 0.403. The second-order valence-electron chi connectivity index (χ2n) is 10.6. The van der Waals surface area contributed by atoms with Gasteiger partial charge in [-0.2, -0.15) is 0 Å². The molecule has 0 heterocycles. The maximum absolute atomic E-state index is 12.6. The minimum atomic E-state index is -0.216. The number of aliphatic hydroxyl groups excluding tert-OH is 1. The third kappa shape index (κ3) is 5.14. The summed E-state index contributed by atoms with van der Waals surface area (Å²) in [6.45, 7) is 15.4. The summed E-state index contributed by atoms with van der Waals surface area (Å²) >= 11 is 0. The number of anilines is 1. The molecule has 31 heavy (non-hydrogen) atoms. The van der Waals surface area contributed by atoms with Crippen LogP contribution in [0.3, 0.4) is 0 Å². The molecule has 0 bridgehead atoms. The topological polar surface area (TPSA) is 49.3 Å². The summed E-state index contributed by atoms with van der Waals surface area (Å²) in [6, 6.07) is 7.99. The van der Waals surface area contributed by atoms with Gasteiger partial charge in [-0.1, -0.05) is 63.6 Å². The van der Waals surface area contributed by atoms with E-state index in [1.807, 2.05) is 18.2 Å². The monoisotopic (exact) mass is 423 g/mol. The zero-order valence-corrected chi connectivity index (χ0v) is 20.1. The number of fused-ring (bicyclic) bond motifs is 1. The molecule has 0 aromatic heterocycles. The Morgan fingerprint density at radius 1 is 1.32 bits per heavy atom. The molecule has 2 N–H and O–H groups in total. The number of aryl methyl sites for hydroxylation is 1. The predicted octanol–water partition coefficient (Wildman–Crippen LogP) is 6.54. The van der Waals surface area contributed by atoms with Crippen LogP contribution in [0.25, 0.3) is 0 Å². The fraction of sp³-hybridized carbons (Fsp3) is 0.607. The second kappa shape index (κ2) is 9.73. The molecule has 170 valence electrons. The van der Waals surface area contributed by atoms with Gasteiger partial charge >= 0.3 is 0 Å². The van der Waals surface area contributed by atoms with E-state index in [9.17, 15) is 9.90 Å². The van der Waals surface area contributed by atoms with Gasteiger partial charge in [0, 0.05) is 11.8 Å². The number of nitrogens with one attached hydrogen (secondary N) is 1. The highest BCUT2D eigenvalue weighted by molar-refractivity contribution is 6.00. The largest absolute Gasteiger partial charge is 0.393 e. The lowest BCUT2D eigenvalue weighted by molar-refractivity contribution is -0.112. The van der Waals surface area contributed by atoms with E-state index in [1.165, 1.54) is 5.57 Å². The van der Waals surface area contributed by atoms with Crippen molar-refractivity contribution in [2.45, 2.75) is 79.2 Å². The molecule has 3 nitrogen and oxygen atoms in total. The van der Waals surface area contributed by atoms with Gasteiger partial charge in [-0.05, 0) is 86.2 Å². The highest BCUT2D eigenvalue weighted by Gasteiger charge is 2.51. The van der Waals surface area contributed by atoms with E-state index in [-0.39, 0.29) is 17.4 Å². The normalized spacial score (nSPS) is 30.6. The van der Waals surface area contributed by atoms with Crippen molar-refractivity contribution >= 4 is 11.6 Å². The number of allylic oxidation sites excluding steroid dienone is 2. The molecule has 1 aromatic rings. The number of carbonyl (C=O) groups is 1. The van der Waals surface area contributed by atoms with Crippen molar-refractivity contribution in [1.29, 1.82) is 0 Å². The molecule has 2 fully saturated rings. The molecule has 5 unspecified atom stereocenters.